The first-order valence-corrected chi connectivity index (χ1v) is 7.78. The number of ether oxygens (including phenoxy) is 1. The van der Waals surface area contributed by atoms with Crippen LogP contribution < -0.4 is 4.74 Å². The molecule has 1 atom stereocenters. The molecular formula is C17H20FN3O2. The first-order valence-electron chi connectivity index (χ1n) is 7.78. The fourth-order valence-corrected chi connectivity index (χ4v) is 3.14. The van der Waals surface area contributed by atoms with Crippen molar-refractivity contribution in [2.75, 3.05) is 20.2 Å². The van der Waals surface area contributed by atoms with E-state index in [2.05, 4.69) is 10.2 Å². The van der Waals surface area contributed by atoms with Crippen LogP contribution in [0.4, 0.5) is 4.39 Å². The maximum absolute atomic E-state index is 13.5. The summed E-state index contributed by atoms with van der Waals surface area (Å²) >= 11 is 0. The number of likely N-dealkylation sites (tertiary alicyclic amines) is 1. The van der Waals surface area contributed by atoms with Crippen molar-refractivity contribution in [3.8, 4) is 5.75 Å². The minimum atomic E-state index is -0.430. The fraction of sp³-hybridized carbons (Fsp3) is 0.412. The highest BCUT2D eigenvalue weighted by atomic mass is 19.1. The van der Waals surface area contributed by atoms with E-state index in [1.807, 2.05) is 6.07 Å². The summed E-state index contributed by atoms with van der Waals surface area (Å²) < 4.78 is 18.7. The number of hydrogen-bond donors (Lipinski definition) is 1. The molecule has 1 amide bonds. The standard InChI is InChI=1S/C17H20FN3O2/c1-23-16-5-4-13(18)10-15(16)17(22)21-8-2-3-12(11-21)9-14-6-7-19-20-14/h4-7,10,12H,2-3,8-9,11H2,1H3,(H,19,20). The number of aromatic nitrogens is 2. The van der Waals surface area contributed by atoms with Crippen LogP contribution in [0.2, 0.25) is 0 Å². The van der Waals surface area contributed by atoms with E-state index in [9.17, 15) is 9.18 Å². The molecule has 1 unspecified atom stereocenters. The Morgan fingerprint density at radius 3 is 3.09 bits per heavy atom. The molecule has 0 spiro atoms. The average molecular weight is 317 g/mol. The second-order valence-electron chi connectivity index (χ2n) is 5.89. The summed E-state index contributed by atoms with van der Waals surface area (Å²) in [5, 5.41) is 6.92. The maximum Gasteiger partial charge on any atom is 0.257 e. The summed E-state index contributed by atoms with van der Waals surface area (Å²) in [5.41, 5.74) is 1.36. The lowest BCUT2D eigenvalue weighted by atomic mass is 9.93. The average Bonchev–Trinajstić information content (AvgIpc) is 3.07. The predicted molar refractivity (Wildman–Crippen MR) is 83.9 cm³/mol. The molecule has 5 nitrogen and oxygen atoms in total. The molecular weight excluding hydrogens is 297 g/mol. The molecule has 2 aromatic rings. The molecule has 122 valence electrons. The van der Waals surface area contributed by atoms with Crippen molar-refractivity contribution in [2.45, 2.75) is 19.3 Å². The molecule has 1 aromatic carbocycles. The van der Waals surface area contributed by atoms with Gasteiger partial charge in [0.15, 0.2) is 0 Å². The molecule has 6 heteroatoms. The zero-order chi connectivity index (χ0) is 16.2. The summed E-state index contributed by atoms with van der Waals surface area (Å²) in [7, 11) is 1.49. The van der Waals surface area contributed by atoms with Crippen LogP contribution in [0.5, 0.6) is 5.75 Å². The third-order valence-electron chi connectivity index (χ3n) is 4.27. The van der Waals surface area contributed by atoms with Gasteiger partial charge in [0.2, 0.25) is 0 Å². The number of carbonyl (C=O) groups is 1. The molecule has 1 N–H and O–H groups in total. The van der Waals surface area contributed by atoms with Gasteiger partial charge >= 0.3 is 0 Å². The first-order chi connectivity index (χ1) is 11.2. The van der Waals surface area contributed by atoms with E-state index < -0.39 is 5.82 Å². The fourth-order valence-electron chi connectivity index (χ4n) is 3.14. The van der Waals surface area contributed by atoms with Gasteiger partial charge in [0.05, 0.1) is 12.7 Å². The van der Waals surface area contributed by atoms with Gasteiger partial charge in [0, 0.05) is 25.0 Å². The molecule has 23 heavy (non-hydrogen) atoms. The third-order valence-corrected chi connectivity index (χ3v) is 4.27. The van der Waals surface area contributed by atoms with Gasteiger partial charge < -0.3 is 9.64 Å². The van der Waals surface area contributed by atoms with Gasteiger partial charge in [-0.3, -0.25) is 9.89 Å². The Morgan fingerprint density at radius 1 is 1.48 bits per heavy atom. The van der Waals surface area contributed by atoms with Crippen molar-refractivity contribution in [1.29, 1.82) is 0 Å². The Balaban J connectivity index is 1.73. The smallest absolute Gasteiger partial charge is 0.257 e. The van der Waals surface area contributed by atoms with Gasteiger partial charge in [0.25, 0.3) is 5.91 Å². The number of rotatable bonds is 4. The number of carbonyl (C=O) groups excluding carboxylic acids is 1. The number of halogens is 1. The molecule has 0 saturated carbocycles. The first kappa shape index (κ1) is 15.5. The van der Waals surface area contributed by atoms with Crippen LogP contribution in [0.15, 0.2) is 30.5 Å². The summed E-state index contributed by atoms with van der Waals surface area (Å²) in [6.45, 7) is 1.36. The highest BCUT2D eigenvalue weighted by Crippen LogP contribution is 2.25. The van der Waals surface area contributed by atoms with E-state index >= 15 is 0 Å². The van der Waals surface area contributed by atoms with Crippen molar-refractivity contribution >= 4 is 5.91 Å². The Bertz CT molecular complexity index is 672. The van der Waals surface area contributed by atoms with Crippen LogP contribution >= 0.6 is 0 Å². The van der Waals surface area contributed by atoms with Crippen LogP contribution in [0.25, 0.3) is 0 Å². The van der Waals surface area contributed by atoms with Gasteiger partial charge in [-0.1, -0.05) is 0 Å². The normalized spacial score (nSPS) is 18.0. The molecule has 1 aromatic heterocycles. The van der Waals surface area contributed by atoms with E-state index in [-0.39, 0.29) is 11.5 Å². The summed E-state index contributed by atoms with van der Waals surface area (Å²) in [6, 6.07) is 6.00. The molecule has 0 radical (unpaired) electrons. The second kappa shape index (κ2) is 6.81. The predicted octanol–water partition coefficient (Wildman–Crippen LogP) is 2.65. The van der Waals surface area contributed by atoms with E-state index in [4.69, 9.17) is 4.74 Å². The number of methoxy groups -OCH3 is 1. The van der Waals surface area contributed by atoms with Gasteiger partial charge in [-0.05, 0) is 49.4 Å². The van der Waals surface area contributed by atoms with Crippen LogP contribution in [0.1, 0.15) is 28.9 Å². The quantitative estimate of drug-likeness (QED) is 0.943. The van der Waals surface area contributed by atoms with Crippen molar-refractivity contribution in [3.63, 3.8) is 0 Å². The van der Waals surface area contributed by atoms with Gasteiger partial charge in [-0.25, -0.2) is 4.39 Å². The van der Waals surface area contributed by atoms with E-state index in [0.717, 1.165) is 25.0 Å². The van der Waals surface area contributed by atoms with Crippen LogP contribution in [0, 0.1) is 11.7 Å². The number of hydrogen-bond acceptors (Lipinski definition) is 3. The minimum absolute atomic E-state index is 0.171. The number of nitrogens with one attached hydrogen (secondary N) is 1. The molecule has 1 aliphatic heterocycles. The van der Waals surface area contributed by atoms with Gasteiger partial charge in [-0.2, -0.15) is 5.10 Å². The highest BCUT2D eigenvalue weighted by Gasteiger charge is 2.26. The molecule has 0 aliphatic carbocycles. The summed E-state index contributed by atoms with van der Waals surface area (Å²) in [4.78, 5) is 14.5. The molecule has 1 saturated heterocycles. The van der Waals surface area contributed by atoms with Crippen LogP contribution in [-0.4, -0.2) is 41.2 Å². The number of H-pyrrole nitrogens is 1. The Kier molecular flexibility index (Phi) is 4.60. The Labute approximate surface area is 134 Å². The molecule has 3 rings (SSSR count). The summed E-state index contributed by atoms with van der Waals surface area (Å²) in [6.07, 6.45) is 4.62. The zero-order valence-corrected chi connectivity index (χ0v) is 13.1. The number of nitrogens with zero attached hydrogens (tertiary/aromatic N) is 2. The van der Waals surface area contributed by atoms with Gasteiger partial charge in [0.1, 0.15) is 11.6 Å². The minimum Gasteiger partial charge on any atom is -0.496 e. The van der Waals surface area contributed by atoms with Crippen LogP contribution in [0.3, 0.4) is 0 Å². The topological polar surface area (TPSA) is 58.2 Å². The highest BCUT2D eigenvalue weighted by molar-refractivity contribution is 5.97. The number of amides is 1. The van der Waals surface area contributed by atoms with E-state index in [1.54, 1.807) is 11.1 Å². The van der Waals surface area contributed by atoms with E-state index in [0.29, 0.717) is 24.8 Å². The van der Waals surface area contributed by atoms with Crippen molar-refractivity contribution in [3.05, 3.63) is 47.5 Å². The molecule has 0 bridgehead atoms. The second-order valence-corrected chi connectivity index (χ2v) is 5.89. The number of aromatic amines is 1. The Morgan fingerprint density at radius 2 is 2.35 bits per heavy atom. The monoisotopic (exact) mass is 317 g/mol. The van der Waals surface area contributed by atoms with E-state index in [1.165, 1.54) is 25.3 Å². The lowest BCUT2D eigenvalue weighted by Gasteiger charge is -2.33. The lowest BCUT2D eigenvalue weighted by Crippen LogP contribution is -2.40. The number of piperidine rings is 1. The number of benzene rings is 1. The third kappa shape index (κ3) is 3.52. The van der Waals surface area contributed by atoms with Crippen molar-refractivity contribution in [1.82, 2.24) is 15.1 Å². The Hall–Kier alpha value is -2.37. The van der Waals surface area contributed by atoms with Crippen LogP contribution in [-0.2, 0) is 6.42 Å². The van der Waals surface area contributed by atoms with Crippen molar-refractivity contribution < 1.29 is 13.9 Å². The maximum atomic E-state index is 13.5. The molecule has 1 fully saturated rings. The SMILES string of the molecule is COc1ccc(F)cc1C(=O)N1CCCC(Cc2ccn[nH]2)C1. The largest absolute Gasteiger partial charge is 0.496 e. The summed E-state index contributed by atoms with van der Waals surface area (Å²) in [5.74, 6) is 0.190. The zero-order valence-electron chi connectivity index (χ0n) is 13.1. The lowest BCUT2D eigenvalue weighted by molar-refractivity contribution is 0.0669. The van der Waals surface area contributed by atoms with Crippen molar-refractivity contribution in [2.24, 2.45) is 5.92 Å². The molecule has 2 heterocycles. The molecule has 1 aliphatic rings. The van der Waals surface area contributed by atoms with Gasteiger partial charge in [-0.15, -0.1) is 0 Å².